The maximum atomic E-state index is 10.7. The number of hydrogen-bond acceptors (Lipinski definition) is 2. The standard InChI is InChI=1S/C15H18O3/c1-10-11(6-8-15(16)17)3-4-12-5-7-13(18-2)9-14(10)12/h5,7,9H,3-4,6,8H2,1-2H3,(H,16,17). The Balaban J connectivity index is 2.30. The van der Waals surface area contributed by atoms with Gasteiger partial charge in [0.15, 0.2) is 0 Å². The van der Waals surface area contributed by atoms with Crippen molar-refractivity contribution in [3.63, 3.8) is 0 Å². The fourth-order valence-corrected chi connectivity index (χ4v) is 2.48. The third-order valence-corrected chi connectivity index (χ3v) is 3.59. The van der Waals surface area contributed by atoms with Crippen LogP contribution in [0.15, 0.2) is 23.8 Å². The van der Waals surface area contributed by atoms with Crippen LogP contribution in [0.2, 0.25) is 0 Å². The molecule has 18 heavy (non-hydrogen) atoms. The number of carbonyl (C=O) groups is 1. The van der Waals surface area contributed by atoms with Gasteiger partial charge in [0, 0.05) is 6.42 Å². The molecule has 96 valence electrons. The van der Waals surface area contributed by atoms with Gasteiger partial charge in [-0.15, -0.1) is 0 Å². The van der Waals surface area contributed by atoms with Crippen molar-refractivity contribution in [3.8, 4) is 5.75 Å². The molecule has 0 radical (unpaired) electrons. The van der Waals surface area contributed by atoms with Gasteiger partial charge >= 0.3 is 5.97 Å². The van der Waals surface area contributed by atoms with Gasteiger partial charge in [0.2, 0.25) is 0 Å². The van der Waals surface area contributed by atoms with Crippen molar-refractivity contribution in [2.45, 2.75) is 32.6 Å². The number of rotatable bonds is 4. The molecule has 1 aliphatic rings. The molecule has 0 heterocycles. The molecule has 3 heteroatoms. The third-order valence-electron chi connectivity index (χ3n) is 3.59. The van der Waals surface area contributed by atoms with Crippen molar-refractivity contribution in [3.05, 3.63) is 34.9 Å². The lowest BCUT2D eigenvalue weighted by Crippen LogP contribution is -2.06. The summed E-state index contributed by atoms with van der Waals surface area (Å²) < 4.78 is 5.25. The van der Waals surface area contributed by atoms with Crippen LogP contribution in [0.25, 0.3) is 5.57 Å². The van der Waals surface area contributed by atoms with Gasteiger partial charge in [0.1, 0.15) is 5.75 Å². The smallest absolute Gasteiger partial charge is 0.303 e. The van der Waals surface area contributed by atoms with Crippen LogP contribution in [-0.4, -0.2) is 18.2 Å². The summed E-state index contributed by atoms with van der Waals surface area (Å²) in [5, 5.41) is 8.77. The first-order valence-electron chi connectivity index (χ1n) is 6.19. The summed E-state index contributed by atoms with van der Waals surface area (Å²) in [4.78, 5) is 10.7. The molecular weight excluding hydrogens is 228 g/mol. The Morgan fingerprint density at radius 3 is 2.83 bits per heavy atom. The summed E-state index contributed by atoms with van der Waals surface area (Å²) in [6.45, 7) is 2.08. The molecule has 1 aromatic rings. The van der Waals surface area contributed by atoms with Gasteiger partial charge < -0.3 is 9.84 Å². The zero-order valence-corrected chi connectivity index (χ0v) is 10.8. The topological polar surface area (TPSA) is 46.5 Å². The number of carboxylic acids is 1. The summed E-state index contributed by atoms with van der Waals surface area (Å²) in [7, 11) is 1.66. The first-order chi connectivity index (χ1) is 8.61. The Morgan fingerprint density at radius 1 is 1.39 bits per heavy atom. The van der Waals surface area contributed by atoms with E-state index >= 15 is 0 Å². The van der Waals surface area contributed by atoms with Crippen molar-refractivity contribution in [1.29, 1.82) is 0 Å². The summed E-state index contributed by atoms with van der Waals surface area (Å²) in [6.07, 6.45) is 2.83. The molecule has 0 unspecified atom stereocenters. The molecule has 1 N–H and O–H groups in total. The fourth-order valence-electron chi connectivity index (χ4n) is 2.48. The molecule has 1 aromatic carbocycles. The van der Waals surface area contributed by atoms with E-state index in [-0.39, 0.29) is 6.42 Å². The number of methoxy groups -OCH3 is 1. The van der Waals surface area contributed by atoms with Crippen molar-refractivity contribution in [2.24, 2.45) is 0 Å². The summed E-state index contributed by atoms with van der Waals surface area (Å²) in [5.74, 6) is 0.124. The minimum atomic E-state index is -0.730. The Bertz CT molecular complexity index is 500. The van der Waals surface area contributed by atoms with E-state index in [4.69, 9.17) is 9.84 Å². The number of ether oxygens (including phenoxy) is 1. The zero-order chi connectivity index (χ0) is 13.1. The highest BCUT2D eigenvalue weighted by Crippen LogP contribution is 2.35. The molecule has 0 fully saturated rings. The van der Waals surface area contributed by atoms with Crippen LogP contribution in [0.5, 0.6) is 5.75 Å². The second-order valence-corrected chi connectivity index (χ2v) is 4.65. The SMILES string of the molecule is COc1ccc2c(c1)C(C)=C(CCC(=O)O)CC2. The Morgan fingerprint density at radius 2 is 2.17 bits per heavy atom. The minimum absolute atomic E-state index is 0.214. The predicted molar refractivity (Wildman–Crippen MR) is 70.8 cm³/mol. The van der Waals surface area contributed by atoms with E-state index in [1.54, 1.807) is 7.11 Å². The van der Waals surface area contributed by atoms with Gasteiger partial charge in [0.05, 0.1) is 7.11 Å². The van der Waals surface area contributed by atoms with Gasteiger partial charge in [-0.05, 0) is 55.0 Å². The number of allylic oxidation sites excluding steroid dienone is 2. The fraction of sp³-hybridized carbons (Fsp3) is 0.400. The van der Waals surface area contributed by atoms with Crippen molar-refractivity contribution in [1.82, 2.24) is 0 Å². The molecule has 0 saturated carbocycles. The van der Waals surface area contributed by atoms with Crippen LogP contribution in [0.1, 0.15) is 37.3 Å². The van der Waals surface area contributed by atoms with E-state index < -0.39 is 5.97 Å². The lowest BCUT2D eigenvalue weighted by molar-refractivity contribution is -0.136. The van der Waals surface area contributed by atoms with E-state index in [9.17, 15) is 4.79 Å². The van der Waals surface area contributed by atoms with Crippen molar-refractivity contribution in [2.75, 3.05) is 7.11 Å². The molecule has 0 amide bonds. The highest BCUT2D eigenvalue weighted by atomic mass is 16.5. The number of aryl methyl sites for hydroxylation is 1. The van der Waals surface area contributed by atoms with Gasteiger partial charge in [-0.1, -0.05) is 11.6 Å². The van der Waals surface area contributed by atoms with Gasteiger partial charge in [0.25, 0.3) is 0 Å². The van der Waals surface area contributed by atoms with E-state index in [1.165, 1.54) is 22.3 Å². The molecule has 0 aliphatic heterocycles. The molecule has 3 nitrogen and oxygen atoms in total. The normalized spacial score (nSPS) is 14.3. The van der Waals surface area contributed by atoms with E-state index in [1.807, 2.05) is 12.1 Å². The maximum Gasteiger partial charge on any atom is 0.303 e. The number of fused-ring (bicyclic) bond motifs is 1. The summed E-state index contributed by atoms with van der Waals surface area (Å²) in [6, 6.07) is 6.13. The van der Waals surface area contributed by atoms with Crippen LogP contribution < -0.4 is 4.74 Å². The quantitative estimate of drug-likeness (QED) is 0.886. The van der Waals surface area contributed by atoms with Crippen LogP contribution in [-0.2, 0) is 11.2 Å². The van der Waals surface area contributed by atoms with Gasteiger partial charge in [-0.25, -0.2) is 0 Å². The predicted octanol–water partition coefficient (Wildman–Crippen LogP) is 3.28. The largest absolute Gasteiger partial charge is 0.497 e. The molecular formula is C15H18O3. The summed E-state index contributed by atoms with van der Waals surface area (Å²) in [5.41, 5.74) is 5.02. The van der Waals surface area contributed by atoms with E-state index in [2.05, 4.69) is 13.0 Å². The molecule has 0 bridgehead atoms. The second-order valence-electron chi connectivity index (χ2n) is 4.65. The van der Waals surface area contributed by atoms with E-state index in [0.29, 0.717) is 6.42 Å². The van der Waals surface area contributed by atoms with Crippen LogP contribution in [0, 0.1) is 0 Å². The van der Waals surface area contributed by atoms with Gasteiger partial charge in [-0.3, -0.25) is 4.79 Å². The molecule has 0 saturated heterocycles. The number of aliphatic carboxylic acids is 1. The lowest BCUT2D eigenvalue weighted by atomic mass is 9.84. The zero-order valence-electron chi connectivity index (χ0n) is 10.8. The monoisotopic (exact) mass is 246 g/mol. The Labute approximate surface area is 107 Å². The average molecular weight is 246 g/mol. The number of benzene rings is 1. The summed E-state index contributed by atoms with van der Waals surface area (Å²) >= 11 is 0. The van der Waals surface area contributed by atoms with Crippen molar-refractivity contribution >= 4 is 11.5 Å². The van der Waals surface area contributed by atoms with E-state index in [0.717, 1.165) is 18.6 Å². The van der Waals surface area contributed by atoms with Crippen LogP contribution in [0.4, 0.5) is 0 Å². The highest BCUT2D eigenvalue weighted by Gasteiger charge is 2.17. The molecule has 0 atom stereocenters. The first-order valence-corrected chi connectivity index (χ1v) is 6.19. The van der Waals surface area contributed by atoms with Crippen molar-refractivity contribution < 1.29 is 14.6 Å². The van der Waals surface area contributed by atoms with Gasteiger partial charge in [-0.2, -0.15) is 0 Å². The minimum Gasteiger partial charge on any atom is -0.497 e. The Kier molecular flexibility index (Phi) is 3.70. The molecule has 0 spiro atoms. The lowest BCUT2D eigenvalue weighted by Gasteiger charge is -2.21. The Hall–Kier alpha value is -1.77. The number of carboxylic acid groups (broad SMARTS) is 1. The molecule has 1 aliphatic carbocycles. The van der Waals surface area contributed by atoms with Crippen LogP contribution in [0.3, 0.4) is 0 Å². The average Bonchev–Trinajstić information content (AvgIpc) is 2.37. The number of hydrogen-bond donors (Lipinski definition) is 1. The maximum absolute atomic E-state index is 10.7. The van der Waals surface area contributed by atoms with Crippen LogP contribution >= 0.6 is 0 Å². The first kappa shape index (κ1) is 12.7. The molecule has 0 aromatic heterocycles. The highest BCUT2D eigenvalue weighted by molar-refractivity contribution is 5.74. The third kappa shape index (κ3) is 2.55. The molecule has 2 rings (SSSR count). The second kappa shape index (κ2) is 5.25.